The molecule has 10 heteroatoms. The lowest BCUT2D eigenvalue weighted by Gasteiger charge is -2.21. The fourth-order valence-electron chi connectivity index (χ4n) is 3.68. The Morgan fingerprint density at radius 2 is 1.68 bits per heavy atom. The molecule has 9 nitrogen and oxygen atoms in total. The van der Waals surface area contributed by atoms with Gasteiger partial charge in [0, 0.05) is 30.9 Å². The fourth-order valence-corrected chi connectivity index (χ4v) is 5.37. The van der Waals surface area contributed by atoms with Gasteiger partial charge < -0.3 is 20.1 Å². The van der Waals surface area contributed by atoms with E-state index in [1.165, 1.54) is 29.6 Å². The van der Waals surface area contributed by atoms with Gasteiger partial charge in [-0.1, -0.05) is 12.8 Å². The van der Waals surface area contributed by atoms with Crippen molar-refractivity contribution in [3.8, 4) is 11.5 Å². The summed E-state index contributed by atoms with van der Waals surface area (Å²) < 4.78 is 38.8. The Labute approximate surface area is 200 Å². The third-order valence-electron chi connectivity index (χ3n) is 5.46. The van der Waals surface area contributed by atoms with Crippen molar-refractivity contribution in [2.24, 2.45) is 0 Å². The van der Waals surface area contributed by atoms with E-state index in [0.29, 0.717) is 31.1 Å². The minimum Gasteiger partial charge on any atom is -0.495 e. The molecule has 0 atom stereocenters. The van der Waals surface area contributed by atoms with Crippen LogP contribution < -0.4 is 20.1 Å². The quantitative estimate of drug-likeness (QED) is 0.560. The molecule has 2 N–H and O–H groups in total. The Hall–Kier alpha value is -3.11. The number of ether oxygens (including phenoxy) is 2. The summed E-state index contributed by atoms with van der Waals surface area (Å²) in [5, 5.41) is 5.40. The summed E-state index contributed by atoms with van der Waals surface area (Å²) in [6.45, 7) is 3.16. The first kappa shape index (κ1) is 25.5. The first-order valence-electron chi connectivity index (χ1n) is 11.3. The molecule has 0 saturated carbocycles. The number of rotatable bonds is 9. The number of hydrogen-bond acceptors (Lipinski definition) is 6. The van der Waals surface area contributed by atoms with Crippen LogP contribution >= 0.6 is 0 Å². The molecule has 1 heterocycles. The molecule has 1 aliphatic heterocycles. The van der Waals surface area contributed by atoms with Gasteiger partial charge in [-0.2, -0.15) is 4.31 Å². The van der Waals surface area contributed by atoms with Crippen molar-refractivity contribution in [2.45, 2.75) is 37.5 Å². The minimum atomic E-state index is -3.80. The smallest absolute Gasteiger partial charge is 0.257 e. The lowest BCUT2D eigenvalue weighted by Crippen LogP contribution is -2.32. The highest BCUT2D eigenvalue weighted by molar-refractivity contribution is 7.89. The molecule has 2 aromatic carbocycles. The van der Waals surface area contributed by atoms with Crippen LogP contribution in [0.15, 0.2) is 47.4 Å². The predicted molar refractivity (Wildman–Crippen MR) is 129 cm³/mol. The molecular weight excluding hydrogens is 458 g/mol. The Bertz CT molecular complexity index is 1090. The monoisotopic (exact) mass is 489 g/mol. The van der Waals surface area contributed by atoms with E-state index in [2.05, 4.69) is 10.6 Å². The zero-order chi connectivity index (χ0) is 24.6. The number of anilines is 1. The average molecular weight is 490 g/mol. The van der Waals surface area contributed by atoms with Crippen LogP contribution in [-0.2, 0) is 14.8 Å². The van der Waals surface area contributed by atoms with Gasteiger partial charge in [0.25, 0.3) is 11.8 Å². The topological polar surface area (TPSA) is 114 Å². The van der Waals surface area contributed by atoms with E-state index >= 15 is 0 Å². The van der Waals surface area contributed by atoms with Crippen molar-refractivity contribution < 1.29 is 27.5 Å². The number of methoxy groups -OCH3 is 1. The maximum absolute atomic E-state index is 13.3. The van der Waals surface area contributed by atoms with Crippen molar-refractivity contribution >= 4 is 27.5 Å². The lowest BCUT2D eigenvalue weighted by molar-refractivity contribution is -0.122. The number of carbonyl (C=O) groups excluding carboxylic acids is 2. The molecule has 1 saturated heterocycles. The minimum absolute atomic E-state index is 0.0151. The zero-order valence-electron chi connectivity index (χ0n) is 19.5. The van der Waals surface area contributed by atoms with Crippen LogP contribution in [0.4, 0.5) is 5.69 Å². The Morgan fingerprint density at radius 3 is 2.29 bits per heavy atom. The lowest BCUT2D eigenvalue weighted by atomic mass is 10.2. The second-order valence-corrected chi connectivity index (χ2v) is 9.81. The second-order valence-electron chi connectivity index (χ2n) is 7.90. The average Bonchev–Trinajstić information content (AvgIpc) is 3.14. The maximum Gasteiger partial charge on any atom is 0.257 e. The molecular formula is C24H31N3O6S. The number of carbonyl (C=O) groups is 2. The number of nitrogens with one attached hydrogen (secondary N) is 2. The molecule has 34 heavy (non-hydrogen) atoms. The summed E-state index contributed by atoms with van der Waals surface area (Å²) in [4.78, 5) is 24.3. The van der Waals surface area contributed by atoms with Gasteiger partial charge in [-0.15, -0.1) is 0 Å². The van der Waals surface area contributed by atoms with Gasteiger partial charge in [0.1, 0.15) is 16.4 Å². The normalized spacial score (nSPS) is 14.6. The van der Waals surface area contributed by atoms with Crippen molar-refractivity contribution in [1.82, 2.24) is 9.62 Å². The summed E-state index contributed by atoms with van der Waals surface area (Å²) in [5.74, 6) is 0.0187. The Kier molecular flexibility index (Phi) is 8.89. The molecule has 0 bridgehead atoms. The Balaban J connectivity index is 1.73. The van der Waals surface area contributed by atoms with Crippen LogP contribution in [0.25, 0.3) is 0 Å². The summed E-state index contributed by atoms with van der Waals surface area (Å²) in [5.41, 5.74) is 0.703. The van der Waals surface area contributed by atoms with E-state index < -0.39 is 15.9 Å². The number of sulfonamides is 1. The number of hydrogen-bond donors (Lipinski definition) is 2. The van der Waals surface area contributed by atoms with Gasteiger partial charge in [-0.25, -0.2) is 8.42 Å². The van der Waals surface area contributed by atoms with Gasteiger partial charge in [-0.3, -0.25) is 9.59 Å². The molecule has 0 radical (unpaired) electrons. The highest BCUT2D eigenvalue weighted by Gasteiger charge is 2.29. The second kappa shape index (κ2) is 11.8. The largest absolute Gasteiger partial charge is 0.495 e. The van der Waals surface area contributed by atoms with Crippen LogP contribution in [0.1, 0.15) is 43.0 Å². The maximum atomic E-state index is 13.3. The number of benzene rings is 2. The van der Waals surface area contributed by atoms with Gasteiger partial charge in [-0.05, 0) is 62.2 Å². The van der Waals surface area contributed by atoms with Crippen LogP contribution in [0.2, 0.25) is 0 Å². The molecule has 0 aliphatic carbocycles. The molecule has 1 fully saturated rings. The molecule has 184 valence electrons. The molecule has 0 spiro atoms. The summed E-state index contributed by atoms with van der Waals surface area (Å²) in [6.07, 6.45) is 3.62. The summed E-state index contributed by atoms with van der Waals surface area (Å²) in [7, 11) is -2.39. The first-order valence-corrected chi connectivity index (χ1v) is 12.8. The summed E-state index contributed by atoms with van der Waals surface area (Å²) >= 11 is 0. The predicted octanol–water partition coefficient (Wildman–Crippen LogP) is 3.03. The van der Waals surface area contributed by atoms with Crippen LogP contribution in [0.3, 0.4) is 0 Å². The fraction of sp³-hybridized carbons (Fsp3) is 0.417. The Morgan fingerprint density at radius 1 is 1.00 bits per heavy atom. The van der Waals surface area contributed by atoms with E-state index in [1.54, 1.807) is 24.3 Å². The van der Waals surface area contributed by atoms with Gasteiger partial charge in [0.05, 0.1) is 7.11 Å². The van der Waals surface area contributed by atoms with Gasteiger partial charge >= 0.3 is 0 Å². The standard InChI is InChI=1S/C24H31N3O6S/c1-3-25-23(28)17-33-20-11-9-19(10-12-20)26-24(29)18-8-13-21(32-2)22(16-18)34(30,31)27-14-6-4-5-7-15-27/h8-13,16H,3-7,14-15,17H2,1-2H3,(H,25,28)(H,26,29). The third-order valence-corrected chi connectivity index (χ3v) is 7.38. The number of likely N-dealkylation sites (N-methyl/N-ethyl adjacent to an activating group) is 1. The third kappa shape index (κ3) is 6.48. The molecule has 3 rings (SSSR count). The first-order chi connectivity index (χ1) is 16.3. The SMILES string of the molecule is CCNC(=O)COc1ccc(NC(=O)c2ccc(OC)c(S(=O)(=O)N3CCCCCC3)c2)cc1. The number of amides is 2. The molecule has 0 aromatic heterocycles. The molecule has 2 aromatic rings. The van der Waals surface area contributed by atoms with Gasteiger partial charge in [0.15, 0.2) is 6.61 Å². The van der Waals surface area contributed by atoms with E-state index in [9.17, 15) is 18.0 Å². The van der Waals surface area contributed by atoms with E-state index in [-0.39, 0.29) is 28.7 Å². The zero-order valence-corrected chi connectivity index (χ0v) is 20.3. The highest BCUT2D eigenvalue weighted by Crippen LogP contribution is 2.30. The van der Waals surface area contributed by atoms with Crippen LogP contribution in [0.5, 0.6) is 11.5 Å². The van der Waals surface area contributed by atoms with Crippen LogP contribution in [0, 0.1) is 0 Å². The van der Waals surface area contributed by atoms with Gasteiger partial charge in [0.2, 0.25) is 10.0 Å². The molecule has 2 amide bonds. The van der Waals surface area contributed by atoms with Crippen molar-refractivity contribution in [2.75, 3.05) is 38.7 Å². The van der Waals surface area contributed by atoms with E-state index in [4.69, 9.17) is 9.47 Å². The molecule has 1 aliphatic rings. The highest BCUT2D eigenvalue weighted by atomic mass is 32.2. The van der Waals surface area contributed by atoms with Crippen molar-refractivity contribution in [3.63, 3.8) is 0 Å². The van der Waals surface area contributed by atoms with Crippen LogP contribution in [-0.4, -0.2) is 57.9 Å². The van der Waals surface area contributed by atoms with Crippen molar-refractivity contribution in [3.05, 3.63) is 48.0 Å². The van der Waals surface area contributed by atoms with E-state index in [1.807, 2.05) is 6.92 Å². The van der Waals surface area contributed by atoms with E-state index in [0.717, 1.165) is 25.7 Å². The summed E-state index contributed by atoms with van der Waals surface area (Å²) in [6, 6.07) is 10.9. The molecule has 0 unspecified atom stereocenters. The van der Waals surface area contributed by atoms with Crippen molar-refractivity contribution in [1.29, 1.82) is 0 Å². The number of nitrogens with zero attached hydrogens (tertiary/aromatic N) is 1.